The second-order valence-electron chi connectivity index (χ2n) is 8.04. The Morgan fingerprint density at radius 1 is 0.970 bits per heavy atom. The summed E-state index contributed by atoms with van der Waals surface area (Å²) in [4.78, 5) is 22.1. The number of rotatable bonds is 9. The first-order valence-corrected chi connectivity index (χ1v) is 10.8. The number of carboxylic acids is 1. The van der Waals surface area contributed by atoms with Gasteiger partial charge in [0, 0.05) is 22.5 Å². The van der Waals surface area contributed by atoms with E-state index in [9.17, 15) is 9.90 Å². The number of oxime groups is 2. The molecule has 0 aromatic heterocycles. The van der Waals surface area contributed by atoms with Gasteiger partial charge in [0.15, 0.2) is 5.71 Å². The quantitative estimate of drug-likeness (QED) is 0.368. The number of nitrogens with zero attached hydrogens (tertiary/aromatic N) is 2. The minimum atomic E-state index is -1.17. The summed E-state index contributed by atoms with van der Waals surface area (Å²) in [5, 5.41) is 17.6. The van der Waals surface area contributed by atoms with Crippen LogP contribution in [0.5, 0.6) is 0 Å². The third-order valence-electron chi connectivity index (χ3n) is 6.18. The van der Waals surface area contributed by atoms with Crippen LogP contribution in [0, 0.1) is 0 Å². The van der Waals surface area contributed by atoms with E-state index >= 15 is 0 Å². The maximum Gasteiger partial charge on any atom is 0.358 e. The van der Waals surface area contributed by atoms with E-state index in [1.807, 2.05) is 37.3 Å². The third-order valence-corrected chi connectivity index (χ3v) is 6.18. The van der Waals surface area contributed by atoms with Crippen molar-refractivity contribution in [2.45, 2.75) is 31.3 Å². The molecule has 168 valence electrons. The predicted octanol–water partition coefficient (Wildman–Crippen LogP) is 5.14. The highest BCUT2D eigenvalue weighted by atomic mass is 16.6. The first-order chi connectivity index (χ1) is 16.1. The van der Waals surface area contributed by atoms with Gasteiger partial charge < -0.3 is 14.8 Å². The Morgan fingerprint density at radius 2 is 1.61 bits per heavy atom. The highest BCUT2D eigenvalue weighted by Crippen LogP contribution is 2.61. The van der Waals surface area contributed by atoms with Gasteiger partial charge in [-0.3, -0.25) is 0 Å². The molecule has 1 saturated carbocycles. The van der Waals surface area contributed by atoms with E-state index in [0.717, 1.165) is 12.1 Å². The van der Waals surface area contributed by atoms with Crippen LogP contribution in [0.25, 0.3) is 0 Å². The molecule has 0 bridgehead atoms. The number of carboxylic acid groups (broad SMARTS) is 1. The van der Waals surface area contributed by atoms with Crippen LogP contribution >= 0.6 is 0 Å². The summed E-state index contributed by atoms with van der Waals surface area (Å²) in [7, 11) is 1.32. The van der Waals surface area contributed by atoms with Crippen LogP contribution in [0.15, 0.2) is 95.2 Å². The van der Waals surface area contributed by atoms with Gasteiger partial charge in [-0.15, -0.1) is 0 Å². The normalized spacial score (nSPS) is 20.2. The van der Waals surface area contributed by atoms with Crippen LogP contribution in [-0.2, 0) is 26.5 Å². The lowest BCUT2D eigenvalue weighted by atomic mass is 9.87. The topological polar surface area (TPSA) is 80.5 Å². The average molecular weight is 443 g/mol. The molecule has 1 fully saturated rings. The summed E-state index contributed by atoms with van der Waals surface area (Å²) < 4.78 is 0. The molecule has 2 atom stereocenters. The molecule has 0 radical (unpaired) electrons. The van der Waals surface area contributed by atoms with Gasteiger partial charge in [-0.1, -0.05) is 95.2 Å². The molecule has 3 aromatic rings. The molecule has 6 nitrogen and oxygen atoms in total. The van der Waals surface area contributed by atoms with E-state index in [1.54, 1.807) is 18.2 Å². The fraction of sp³-hybridized carbons (Fsp3) is 0.222. The summed E-state index contributed by atoms with van der Waals surface area (Å²) in [5.41, 5.74) is 4.09. The van der Waals surface area contributed by atoms with E-state index in [4.69, 9.17) is 9.68 Å². The first kappa shape index (κ1) is 22.3. The largest absolute Gasteiger partial charge is 0.476 e. The Balaban J connectivity index is 1.59. The van der Waals surface area contributed by atoms with Crippen molar-refractivity contribution in [2.75, 3.05) is 7.11 Å². The Kier molecular flexibility index (Phi) is 6.54. The fourth-order valence-electron chi connectivity index (χ4n) is 4.47. The maximum absolute atomic E-state index is 11.6. The van der Waals surface area contributed by atoms with Crippen molar-refractivity contribution in [1.29, 1.82) is 0 Å². The van der Waals surface area contributed by atoms with E-state index in [-0.39, 0.29) is 17.7 Å². The summed E-state index contributed by atoms with van der Waals surface area (Å²) in [6.45, 7) is 2.11. The second kappa shape index (κ2) is 9.69. The smallest absolute Gasteiger partial charge is 0.358 e. The van der Waals surface area contributed by atoms with Crippen molar-refractivity contribution < 1.29 is 19.6 Å². The van der Waals surface area contributed by atoms with Gasteiger partial charge in [-0.2, -0.15) is 0 Å². The lowest BCUT2D eigenvalue weighted by Gasteiger charge is -2.18. The Hall–Kier alpha value is -3.93. The molecule has 0 spiro atoms. The van der Waals surface area contributed by atoms with Gasteiger partial charge >= 0.3 is 5.97 Å². The second-order valence-corrected chi connectivity index (χ2v) is 8.04. The number of carbonyl (C=O) groups is 1. The summed E-state index contributed by atoms with van der Waals surface area (Å²) >= 11 is 0. The first-order valence-electron chi connectivity index (χ1n) is 10.8. The zero-order valence-corrected chi connectivity index (χ0v) is 18.6. The third kappa shape index (κ3) is 4.51. The van der Waals surface area contributed by atoms with E-state index < -0.39 is 5.97 Å². The number of hydrogen-bond acceptors (Lipinski definition) is 5. The van der Waals surface area contributed by atoms with Crippen molar-refractivity contribution in [1.82, 2.24) is 0 Å². The van der Waals surface area contributed by atoms with E-state index in [0.29, 0.717) is 17.0 Å². The Morgan fingerprint density at radius 3 is 2.27 bits per heavy atom. The SMILES string of the molecule is CON=C(C(=O)O)c1ccccc1CON=C(C)C1(c2ccccc2)CC1c1ccccc1. The highest BCUT2D eigenvalue weighted by Gasteiger charge is 2.58. The van der Waals surface area contributed by atoms with Crippen LogP contribution in [0.2, 0.25) is 0 Å². The van der Waals surface area contributed by atoms with Crippen LogP contribution in [0.4, 0.5) is 0 Å². The molecule has 0 amide bonds. The van der Waals surface area contributed by atoms with Crippen LogP contribution < -0.4 is 0 Å². The molecule has 0 aliphatic heterocycles. The van der Waals surface area contributed by atoms with Crippen molar-refractivity contribution in [3.05, 3.63) is 107 Å². The van der Waals surface area contributed by atoms with E-state index in [1.165, 1.54) is 18.2 Å². The number of hydrogen-bond donors (Lipinski definition) is 1. The molecule has 33 heavy (non-hydrogen) atoms. The molecule has 0 heterocycles. The standard InChI is InChI=1S/C27H26N2O4/c1-19(28-33-18-21-13-9-10-16-23(21)25(26(30)31)29-32-2)27(22-14-7-4-8-15-22)17-24(27)20-11-5-3-6-12-20/h3-16,24H,17-18H2,1-2H3,(H,30,31). The summed E-state index contributed by atoms with van der Waals surface area (Å²) in [5.74, 6) is -0.844. The fourth-order valence-corrected chi connectivity index (χ4v) is 4.47. The molecule has 3 aromatic carbocycles. The lowest BCUT2D eigenvalue weighted by molar-refractivity contribution is -0.129. The summed E-state index contributed by atoms with van der Waals surface area (Å²) in [6, 6.07) is 27.9. The van der Waals surface area contributed by atoms with Gasteiger partial charge in [0.05, 0.1) is 5.71 Å². The molecule has 0 saturated heterocycles. The van der Waals surface area contributed by atoms with Crippen LogP contribution in [0.1, 0.15) is 41.5 Å². The lowest BCUT2D eigenvalue weighted by Crippen LogP contribution is -2.21. The van der Waals surface area contributed by atoms with Gasteiger partial charge in [-0.25, -0.2) is 4.79 Å². The molecule has 1 aliphatic rings. The summed E-state index contributed by atoms with van der Waals surface area (Å²) in [6.07, 6.45) is 0.958. The molecular weight excluding hydrogens is 416 g/mol. The molecule has 4 rings (SSSR count). The molecule has 1 N–H and O–H groups in total. The monoisotopic (exact) mass is 442 g/mol. The Bertz CT molecular complexity index is 1170. The average Bonchev–Trinajstić information content (AvgIpc) is 3.61. The van der Waals surface area contributed by atoms with Crippen molar-refractivity contribution in [2.24, 2.45) is 10.3 Å². The number of benzene rings is 3. The zero-order valence-electron chi connectivity index (χ0n) is 18.6. The molecule has 2 unspecified atom stereocenters. The van der Waals surface area contributed by atoms with Gasteiger partial charge in [-0.05, 0) is 24.5 Å². The van der Waals surface area contributed by atoms with E-state index in [2.05, 4.69) is 46.7 Å². The molecule has 6 heteroatoms. The van der Waals surface area contributed by atoms with Crippen molar-refractivity contribution >= 4 is 17.4 Å². The van der Waals surface area contributed by atoms with Gasteiger partial charge in [0.1, 0.15) is 13.7 Å². The van der Waals surface area contributed by atoms with Gasteiger partial charge in [0.2, 0.25) is 0 Å². The van der Waals surface area contributed by atoms with Crippen molar-refractivity contribution in [3.63, 3.8) is 0 Å². The molecular formula is C27H26N2O4. The molecule has 1 aliphatic carbocycles. The number of aliphatic carboxylic acids is 1. The van der Waals surface area contributed by atoms with Gasteiger partial charge in [0.25, 0.3) is 0 Å². The van der Waals surface area contributed by atoms with Crippen LogP contribution in [0.3, 0.4) is 0 Å². The zero-order chi connectivity index (χ0) is 23.3. The highest BCUT2D eigenvalue weighted by molar-refractivity contribution is 6.42. The predicted molar refractivity (Wildman–Crippen MR) is 127 cm³/mol. The Labute approximate surface area is 193 Å². The van der Waals surface area contributed by atoms with Crippen molar-refractivity contribution in [3.8, 4) is 0 Å². The van der Waals surface area contributed by atoms with Crippen LogP contribution in [-0.4, -0.2) is 29.6 Å². The minimum Gasteiger partial charge on any atom is -0.476 e. The maximum atomic E-state index is 11.6. The minimum absolute atomic E-state index is 0.115.